The number of hydrogen-bond acceptors (Lipinski definition) is 5. The van der Waals surface area contributed by atoms with Gasteiger partial charge in [0.25, 0.3) is 6.01 Å². The first-order valence-corrected chi connectivity index (χ1v) is 6.72. The lowest BCUT2D eigenvalue weighted by atomic mass is 10.3. The monoisotopic (exact) mass is 333 g/mol. The van der Waals surface area contributed by atoms with Crippen LogP contribution in [-0.4, -0.2) is 12.1 Å². The topological polar surface area (TPSA) is 73.3 Å². The van der Waals surface area contributed by atoms with Crippen LogP contribution in [-0.2, 0) is 0 Å². The van der Waals surface area contributed by atoms with E-state index in [2.05, 4.69) is 26.2 Å². The largest absolute Gasteiger partial charge is 0.496 e. The second kappa shape index (κ2) is 5.05. The SMILES string of the molecule is COc1ccc(Nc2nc3c(N)cccc3o2)cc1Br. The number of nitrogen functional groups attached to an aromatic ring is 1. The summed E-state index contributed by atoms with van der Waals surface area (Å²) in [4.78, 5) is 4.33. The van der Waals surface area contributed by atoms with Crippen molar-refractivity contribution in [1.29, 1.82) is 0 Å². The van der Waals surface area contributed by atoms with Crippen molar-refractivity contribution in [2.24, 2.45) is 0 Å². The molecule has 6 heteroatoms. The number of halogens is 1. The van der Waals surface area contributed by atoms with Crippen LogP contribution in [0.1, 0.15) is 0 Å². The maximum Gasteiger partial charge on any atom is 0.300 e. The normalized spacial score (nSPS) is 10.7. The molecule has 3 aromatic rings. The minimum absolute atomic E-state index is 0.398. The van der Waals surface area contributed by atoms with Gasteiger partial charge in [-0.05, 0) is 46.3 Å². The first-order chi connectivity index (χ1) is 9.67. The molecule has 0 fully saturated rings. The molecule has 3 rings (SSSR count). The minimum Gasteiger partial charge on any atom is -0.496 e. The summed E-state index contributed by atoms with van der Waals surface area (Å²) < 4.78 is 11.6. The van der Waals surface area contributed by atoms with Crippen molar-refractivity contribution in [1.82, 2.24) is 4.98 Å². The molecule has 0 saturated heterocycles. The molecule has 0 spiro atoms. The highest BCUT2D eigenvalue weighted by Crippen LogP contribution is 2.30. The van der Waals surface area contributed by atoms with E-state index in [4.69, 9.17) is 14.9 Å². The number of fused-ring (bicyclic) bond motifs is 1. The predicted molar refractivity (Wildman–Crippen MR) is 82.4 cm³/mol. The molecule has 0 unspecified atom stereocenters. The molecule has 0 aliphatic rings. The Morgan fingerprint density at radius 1 is 1.30 bits per heavy atom. The summed E-state index contributed by atoms with van der Waals surface area (Å²) in [6, 6.07) is 11.5. The molecule has 3 N–H and O–H groups in total. The summed E-state index contributed by atoms with van der Waals surface area (Å²) >= 11 is 3.43. The number of oxazole rings is 1. The van der Waals surface area contributed by atoms with E-state index >= 15 is 0 Å². The summed E-state index contributed by atoms with van der Waals surface area (Å²) in [5.41, 5.74) is 8.59. The number of nitrogens with zero attached hydrogens (tertiary/aromatic N) is 1. The Bertz CT molecular complexity index is 770. The maximum absolute atomic E-state index is 5.85. The molecule has 0 atom stereocenters. The third-order valence-electron chi connectivity index (χ3n) is 2.85. The van der Waals surface area contributed by atoms with Gasteiger partial charge in [0.2, 0.25) is 0 Å². The lowest BCUT2D eigenvalue weighted by molar-refractivity contribution is 0.412. The van der Waals surface area contributed by atoms with E-state index in [-0.39, 0.29) is 0 Å². The Morgan fingerprint density at radius 3 is 2.85 bits per heavy atom. The second-order valence-corrected chi connectivity index (χ2v) is 5.04. The molecule has 0 radical (unpaired) electrons. The van der Waals surface area contributed by atoms with Crippen LogP contribution in [0.4, 0.5) is 17.4 Å². The minimum atomic E-state index is 0.398. The fourth-order valence-electron chi connectivity index (χ4n) is 1.89. The number of ether oxygens (including phenoxy) is 1. The van der Waals surface area contributed by atoms with Crippen LogP contribution in [0.2, 0.25) is 0 Å². The van der Waals surface area contributed by atoms with Crippen molar-refractivity contribution < 1.29 is 9.15 Å². The lowest BCUT2D eigenvalue weighted by Gasteiger charge is -2.06. The first kappa shape index (κ1) is 12.8. The smallest absolute Gasteiger partial charge is 0.300 e. The standard InChI is InChI=1S/C14H12BrN3O2/c1-19-11-6-5-8(7-9(11)15)17-14-18-13-10(16)3-2-4-12(13)20-14/h2-7H,16H2,1H3,(H,17,18). The Hall–Kier alpha value is -2.21. The van der Waals surface area contributed by atoms with Crippen molar-refractivity contribution in [3.05, 3.63) is 40.9 Å². The van der Waals surface area contributed by atoms with Gasteiger partial charge in [-0.15, -0.1) is 0 Å². The summed E-state index contributed by atoms with van der Waals surface area (Å²) in [5, 5.41) is 3.09. The third kappa shape index (κ3) is 2.30. The van der Waals surface area contributed by atoms with Gasteiger partial charge in [-0.25, -0.2) is 0 Å². The quantitative estimate of drug-likeness (QED) is 0.710. The number of methoxy groups -OCH3 is 1. The van der Waals surface area contributed by atoms with Crippen LogP contribution in [0.15, 0.2) is 45.3 Å². The molecule has 1 heterocycles. The number of hydrogen-bond donors (Lipinski definition) is 2. The van der Waals surface area contributed by atoms with Crippen LogP contribution in [0.5, 0.6) is 5.75 Å². The second-order valence-electron chi connectivity index (χ2n) is 4.19. The molecule has 2 aromatic carbocycles. The predicted octanol–water partition coefficient (Wildman–Crippen LogP) is 3.92. The molecule has 20 heavy (non-hydrogen) atoms. The number of benzene rings is 2. The Balaban J connectivity index is 1.93. The number of aromatic nitrogens is 1. The van der Waals surface area contributed by atoms with E-state index in [9.17, 15) is 0 Å². The molecule has 0 amide bonds. The van der Waals surface area contributed by atoms with E-state index < -0.39 is 0 Å². The average molecular weight is 334 g/mol. The van der Waals surface area contributed by atoms with Crippen LogP contribution in [0, 0.1) is 0 Å². The Morgan fingerprint density at radius 2 is 2.15 bits per heavy atom. The van der Waals surface area contributed by atoms with Crippen LogP contribution >= 0.6 is 15.9 Å². The van der Waals surface area contributed by atoms with Crippen LogP contribution in [0.3, 0.4) is 0 Å². The van der Waals surface area contributed by atoms with E-state index in [0.717, 1.165) is 15.9 Å². The van der Waals surface area contributed by atoms with E-state index in [0.29, 0.717) is 22.8 Å². The van der Waals surface area contributed by atoms with Gasteiger partial charge in [0.15, 0.2) is 5.58 Å². The summed E-state index contributed by atoms with van der Waals surface area (Å²) in [5.74, 6) is 0.761. The highest BCUT2D eigenvalue weighted by molar-refractivity contribution is 9.10. The molecule has 1 aromatic heterocycles. The zero-order chi connectivity index (χ0) is 14.1. The van der Waals surface area contributed by atoms with Gasteiger partial charge >= 0.3 is 0 Å². The summed E-state index contributed by atoms with van der Waals surface area (Å²) in [6.07, 6.45) is 0. The van der Waals surface area contributed by atoms with Crippen molar-refractivity contribution in [3.63, 3.8) is 0 Å². The Labute approximate surface area is 123 Å². The van der Waals surface area contributed by atoms with Gasteiger partial charge in [0, 0.05) is 5.69 Å². The number of rotatable bonds is 3. The first-order valence-electron chi connectivity index (χ1n) is 5.93. The van der Waals surface area contributed by atoms with E-state index in [1.807, 2.05) is 30.3 Å². The third-order valence-corrected chi connectivity index (χ3v) is 3.47. The van der Waals surface area contributed by atoms with Crippen molar-refractivity contribution in [2.45, 2.75) is 0 Å². The van der Waals surface area contributed by atoms with E-state index in [1.54, 1.807) is 13.2 Å². The van der Waals surface area contributed by atoms with E-state index in [1.165, 1.54) is 0 Å². The molecule has 5 nitrogen and oxygen atoms in total. The number of nitrogens with two attached hydrogens (primary N) is 1. The Kier molecular flexibility index (Phi) is 3.23. The fraction of sp³-hybridized carbons (Fsp3) is 0.0714. The van der Waals surface area contributed by atoms with Crippen LogP contribution < -0.4 is 15.8 Å². The van der Waals surface area contributed by atoms with Gasteiger partial charge in [-0.1, -0.05) is 6.07 Å². The zero-order valence-electron chi connectivity index (χ0n) is 10.7. The van der Waals surface area contributed by atoms with Gasteiger partial charge in [0.05, 0.1) is 17.3 Å². The van der Waals surface area contributed by atoms with Crippen molar-refractivity contribution >= 4 is 44.4 Å². The average Bonchev–Trinajstić information content (AvgIpc) is 2.83. The zero-order valence-corrected chi connectivity index (χ0v) is 12.3. The molecular weight excluding hydrogens is 322 g/mol. The fourth-order valence-corrected chi connectivity index (χ4v) is 2.43. The highest BCUT2D eigenvalue weighted by atomic mass is 79.9. The molecular formula is C14H12BrN3O2. The number of para-hydroxylation sites is 1. The molecule has 0 saturated carbocycles. The van der Waals surface area contributed by atoms with Gasteiger partial charge < -0.3 is 20.2 Å². The molecule has 102 valence electrons. The molecule has 0 aliphatic carbocycles. The maximum atomic E-state index is 5.85. The van der Waals surface area contributed by atoms with Crippen molar-refractivity contribution in [3.8, 4) is 5.75 Å². The van der Waals surface area contributed by atoms with Crippen molar-refractivity contribution in [2.75, 3.05) is 18.2 Å². The summed E-state index contributed by atoms with van der Waals surface area (Å²) in [6.45, 7) is 0. The van der Waals surface area contributed by atoms with Gasteiger partial charge in [0.1, 0.15) is 11.3 Å². The summed E-state index contributed by atoms with van der Waals surface area (Å²) in [7, 11) is 1.62. The lowest BCUT2D eigenvalue weighted by Crippen LogP contribution is -1.92. The van der Waals surface area contributed by atoms with Gasteiger partial charge in [-0.2, -0.15) is 4.98 Å². The number of anilines is 3. The van der Waals surface area contributed by atoms with Gasteiger partial charge in [-0.3, -0.25) is 0 Å². The van der Waals surface area contributed by atoms with Crippen LogP contribution in [0.25, 0.3) is 11.1 Å². The highest BCUT2D eigenvalue weighted by Gasteiger charge is 2.09. The number of nitrogens with one attached hydrogen (secondary N) is 1. The molecule has 0 bridgehead atoms. The molecule has 0 aliphatic heterocycles.